The molecule has 114 valence electrons. The number of nitro benzene ring substituents is 1. The van der Waals surface area contributed by atoms with E-state index in [0.29, 0.717) is 13.0 Å². The molecule has 1 aromatic rings. The third-order valence-corrected chi connectivity index (χ3v) is 3.96. The van der Waals surface area contributed by atoms with Crippen LogP contribution in [0.25, 0.3) is 0 Å². The van der Waals surface area contributed by atoms with Crippen molar-refractivity contribution in [3.05, 3.63) is 39.9 Å². The number of nitrogens with one attached hydrogen (secondary N) is 1. The summed E-state index contributed by atoms with van der Waals surface area (Å²) in [4.78, 5) is 23.7. The van der Waals surface area contributed by atoms with Crippen LogP contribution >= 0.6 is 0 Å². The zero-order valence-electron chi connectivity index (χ0n) is 12.4. The minimum Gasteiger partial charge on any atom is -0.344 e. The molecular formula is C15H21N3O3. The van der Waals surface area contributed by atoms with Crippen LogP contribution in [0.4, 0.5) is 5.69 Å². The highest BCUT2D eigenvalue weighted by atomic mass is 16.6. The SMILES string of the molecule is CCC(NC1CCC(=O)N(C)C1)c1cccc([N+](=O)[O-])c1. The van der Waals surface area contributed by atoms with Gasteiger partial charge in [-0.25, -0.2) is 0 Å². The average molecular weight is 291 g/mol. The standard InChI is InChI=1S/C15H21N3O3/c1-3-14(11-5-4-6-13(9-11)18(20)21)16-12-7-8-15(19)17(2)10-12/h4-6,9,12,14,16H,3,7-8,10H2,1-2H3. The second-order valence-electron chi connectivity index (χ2n) is 5.49. The molecule has 1 saturated heterocycles. The highest BCUT2D eigenvalue weighted by Gasteiger charge is 2.25. The molecule has 2 unspecified atom stereocenters. The third-order valence-electron chi connectivity index (χ3n) is 3.96. The molecule has 1 aromatic carbocycles. The van der Waals surface area contributed by atoms with E-state index in [9.17, 15) is 14.9 Å². The highest BCUT2D eigenvalue weighted by molar-refractivity contribution is 5.76. The molecule has 2 rings (SSSR count). The highest BCUT2D eigenvalue weighted by Crippen LogP contribution is 2.23. The van der Waals surface area contributed by atoms with Gasteiger partial charge in [0.05, 0.1) is 4.92 Å². The quantitative estimate of drug-likeness (QED) is 0.667. The molecule has 0 aliphatic carbocycles. The summed E-state index contributed by atoms with van der Waals surface area (Å²) in [6.45, 7) is 2.73. The number of nitro groups is 1. The maximum absolute atomic E-state index is 11.5. The largest absolute Gasteiger partial charge is 0.344 e. The van der Waals surface area contributed by atoms with Crippen LogP contribution in [-0.2, 0) is 4.79 Å². The Bertz CT molecular complexity index is 533. The van der Waals surface area contributed by atoms with Gasteiger partial charge in [0, 0.05) is 44.2 Å². The van der Waals surface area contributed by atoms with Gasteiger partial charge in [-0.2, -0.15) is 0 Å². The number of carbonyl (C=O) groups is 1. The summed E-state index contributed by atoms with van der Waals surface area (Å²) < 4.78 is 0. The molecule has 2 atom stereocenters. The summed E-state index contributed by atoms with van der Waals surface area (Å²) in [5, 5.41) is 14.4. The lowest BCUT2D eigenvalue weighted by molar-refractivity contribution is -0.384. The molecule has 0 aromatic heterocycles. The number of non-ortho nitro benzene ring substituents is 1. The summed E-state index contributed by atoms with van der Waals surface area (Å²) in [5.41, 5.74) is 1.04. The van der Waals surface area contributed by atoms with Gasteiger partial charge < -0.3 is 10.2 Å². The number of nitrogens with zero attached hydrogens (tertiary/aromatic N) is 2. The van der Waals surface area contributed by atoms with Crippen LogP contribution < -0.4 is 5.32 Å². The van der Waals surface area contributed by atoms with Gasteiger partial charge in [0.25, 0.3) is 5.69 Å². The Hall–Kier alpha value is -1.95. The van der Waals surface area contributed by atoms with Crippen molar-refractivity contribution in [3.8, 4) is 0 Å². The Morgan fingerprint density at radius 1 is 1.52 bits per heavy atom. The van der Waals surface area contributed by atoms with Crippen LogP contribution in [0, 0.1) is 10.1 Å². The molecule has 0 saturated carbocycles. The Balaban J connectivity index is 2.08. The summed E-state index contributed by atoms with van der Waals surface area (Å²) in [5.74, 6) is 0.177. The molecule has 0 spiro atoms. The minimum absolute atomic E-state index is 0.0662. The first kappa shape index (κ1) is 15.4. The first-order valence-electron chi connectivity index (χ1n) is 7.25. The zero-order valence-corrected chi connectivity index (χ0v) is 12.4. The second-order valence-corrected chi connectivity index (χ2v) is 5.49. The van der Waals surface area contributed by atoms with Crippen LogP contribution in [0.3, 0.4) is 0 Å². The van der Waals surface area contributed by atoms with E-state index in [1.54, 1.807) is 17.0 Å². The first-order chi connectivity index (χ1) is 10.0. The molecule has 1 N–H and O–H groups in total. The van der Waals surface area contributed by atoms with Crippen molar-refractivity contribution in [2.75, 3.05) is 13.6 Å². The average Bonchev–Trinajstić information content (AvgIpc) is 2.48. The topological polar surface area (TPSA) is 75.5 Å². The van der Waals surface area contributed by atoms with Gasteiger partial charge in [-0.3, -0.25) is 14.9 Å². The first-order valence-corrected chi connectivity index (χ1v) is 7.25. The van der Waals surface area contributed by atoms with Crippen molar-refractivity contribution >= 4 is 11.6 Å². The van der Waals surface area contributed by atoms with Gasteiger partial charge in [0.15, 0.2) is 0 Å². The van der Waals surface area contributed by atoms with Crippen molar-refractivity contribution in [1.82, 2.24) is 10.2 Å². The van der Waals surface area contributed by atoms with Crippen molar-refractivity contribution in [3.63, 3.8) is 0 Å². The van der Waals surface area contributed by atoms with E-state index in [1.165, 1.54) is 6.07 Å². The molecule has 0 radical (unpaired) electrons. The van der Waals surface area contributed by atoms with Crippen molar-refractivity contribution in [2.24, 2.45) is 0 Å². The Labute approximate surface area is 124 Å². The fourth-order valence-electron chi connectivity index (χ4n) is 2.74. The van der Waals surface area contributed by atoms with E-state index >= 15 is 0 Å². The fraction of sp³-hybridized carbons (Fsp3) is 0.533. The lowest BCUT2D eigenvalue weighted by Gasteiger charge is -2.33. The molecule has 1 aliphatic heterocycles. The van der Waals surface area contributed by atoms with Gasteiger partial charge in [0.1, 0.15) is 0 Å². The molecule has 1 aliphatic rings. The molecule has 1 amide bonds. The van der Waals surface area contributed by atoms with Crippen LogP contribution in [0.5, 0.6) is 0 Å². The summed E-state index contributed by atoms with van der Waals surface area (Å²) >= 11 is 0. The Morgan fingerprint density at radius 3 is 2.90 bits per heavy atom. The monoisotopic (exact) mass is 291 g/mol. The van der Waals surface area contributed by atoms with Gasteiger partial charge in [-0.1, -0.05) is 19.1 Å². The molecule has 6 nitrogen and oxygen atoms in total. The van der Waals surface area contributed by atoms with Crippen LogP contribution in [-0.4, -0.2) is 35.4 Å². The lowest BCUT2D eigenvalue weighted by atomic mass is 9.99. The summed E-state index contributed by atoms with van der Waals surface area (Å²) in [6.07, 6.45) is 2.21. The molecule has 6 heteroatoms. The molecule has 21 heavy (non-hydrogen) atoms. The van der Waals surface area contributed by atoms with Crippen molar-refractivity contribution < 1.29 is 9.72 Å². The van der Waals surface area contributed by atoms with E-state index in [0.717, 1.165) is 18.4 Å². The van der Waals surface area contributed by atoms with E-state index < -0.39 is 0 Å². The number of hydrogen-bond donors (Lipinski definition) is 1. The van der Waals surface area contributed by atoms with Gasteiger partial charge in [-0.05, 0) is 18.4 Å². The predicted octanol–water partition coefficient (Wildman–Crippen LogP) is 2.26. The molecular weight excluding hydrogens is 270 g/mol. The number of amides is 1. The lowest BCUT2D eigenvalue weighted by Crippen LogP contribution is -2.47. The van der Waals surface area contributed by atoms with Crippen LogP contribution in [0.2, 0.25) is 0 Å². The fourth-order valence-corrected chi connectivity index (χ4v) is 2.74. The number of likely N-dealkylation sites (N-methyl/N-ethyl adjacent to an activating group) is 1. The predicted molar refractivity (Wildman–Crippen MR) is 79.9 cm³/mol. The number of benzene rings is 1. The van der Waals surface area contributed by atoms with Crippen LogP contribution in [0.15, 0.2) is 24.3 Å². The van der Waals surface area contributed by atoms with E-state index in [4.69, 9.17) is 0 Å². The zero-order chi connectivity index (χ0) is 15.4. The molecule has 1 heterocycles. The Kier molecular flexibility index (Phi) is 4.90. The van der Waals surface area contributed by atoms with Crippen molar-refractivity contribution in [1.29, 1.82) is 0 Å². The van der Waals surface area contributed by atoms with E-state index in [2.05, 4.69) is 5.32 Å². The number of carbonyl (C=O) groups excluding carboxylic acids is 1. The summed E-state index contributed by atoms with van der Waals surface area (Å²) in [7, 11) is 1.81. The van der Waals surface area contributed by atoms with E-state index in [1.807, 2.05) is 20.0 Å². The molecule has 0 bridgehead atoms. The normalized spacial score (nSPS) is 20.4. The van der Waals surface area contributed by atoms with Gasteiger partial charge in [-0.15, -0.1) is 0 Å². The second kappa shape index (κ2) is 6.67. The van der Waals surface area contributed by atoms with Gasteiger partial charge >= 0.3 is 0 Å². The maximum atomic E-state index is 11.5. The maximum Gasteiger partial charge on any atom is 0.269 e. The number of piperidine rings is 1. The number of hydrogen-bond acceptors (Lipinski definition) is 4. The third kappa shape index (κ3) is 3.78. The number of rotatable bonds is 5. The Morgan fingerprint density at radius 2 is 2.29 bits per heavy atom. The molecule has 1 fully saturated rings. The van der Waals surface area contributed by atoms with Gasteiger partial charge in [0.2, 0.25) is 5.91 Å². The van der Waals surface area contributed by atoms with Crippen LogP contribution in [0.1, 0.15) is 37.8 Å². The number of likely N-dealkylation sites (tertiary alicyclic amines) is 1. The minimum atomic E-state index is -0.372. The summed E-state index contributed by atoms with van der Waals surface area (Å²) in [6, 6.07) is 7.05. The van der Waals surface area contributed by atoms with Crippen molar-refractivity contribution in [2.45, 2.75) is 38.3 Å². The van der Waals surface area contributed by atoms with E-state index in [-0.39, 0.29) is 28.6 Å². The smallest absolute Gasteiger partial charge is 0.269 e.